The van der Waals surface area contributed by atoms with E-state index in [4.69, 9.17) is 37.4 Å². The number of amides is 2. The zero-order valence-electron chi connectivity index (χ0n) is 30.4. The van der Waals surface area contributed by atoms with Gasteiger partial charge in [0.15, 0.2) is 11.5 Å². The highest BCUT2D eigenvalue weighted by Crippen LogP contribution is 2.45. The fourth-order valence-electron chi connectivity index (χ4n) is 6.47. The molecule has 9 nitrogen and oxygen atoms in total. The second-order valence-electron chi connectivity index (χ2n) is 14.1. The number of para-hydroxylation sites is 1. The Hall–Kier alpha value is -2.76. The van der Waals surface area contributed by atoms with Gasteiger partial charge in [0.1, 0.15) is 12.2 Å². The van der Waals surface area contributed by atoms with Crippen LogP contribution in [-0.2, 0) is 20.7 Å². The molecule has 0 bridgehead atoms. The van der Waals surface area contributed by atoms with E-state index in [2.05, 4.69) is 37.5 Å². The lowest BCUT2D eigenvalue weighted by molar-refractivity contribution is -0.143. The summed E-state index contributed by atoms with van der Waals surface area (Å²) in [5, 5.41) is 8.09. The second kappa shape index (κ2) is 20.6. The van der Waals surface area contributed by atoms with Crippen LogP contribution in [-0.4, -0.2) is 82.3 Å². The van der Waals surface area contributed by atoms with Gasteiger partial charge in [0, 0.05) is 59.6 Å². The summed E-state index contributed by atoms with van der Waals surface area (Å²) >= 11 is 12.9. The maximum Gasteiger partial charge on any atom is 0.256 e. The van der Waals surface area contributed by atoms with E-state index in [9.17, 15) is 9.59 Å². The zero-order chi connectivity index (χ0) is 35.7. The first-order valence-electron chi connectivity index (χ1n) is 17.5. The summed E-state index contributed by atoms with van der Waals surface area (Å²) in [6.45, 7) is 11.5. The largest absolute Gasteiger partial charge is 0.492 e. The Morgan fingerprint density at radius 3 is 2.42 bits per heavy atom. The number of anilines is 1. The summed E-state index contributed by atoms with van der Waals surface area (Å²) in [7, 11) is 1.60. The highest BCUT2D eigenvalue weighted by molar-refractivity contribution is 6.31. The number of hydrogen-bond donors (Lipinski definition) is 2. The molecule has 0 radical (unpaired) electrons. The minimum atomic E-state index is -1.02. The lowest BCUT2D eigenvalue weighted by Crippen LogP contribution is -2.49. The molecule has 1 saturated heterocycles. The number of halogens is 4. The molecule has 2 aliphatic rings. The fraction of sp³-hybridized carbons (Fsp3) is 0.487. The minimum Gasteiger partial charge on any atom is -0.492 e. The van der Waals surface area contributed by atoms with Crippen LogP contribution >= 0.6 is 48.0 Å². The quantitative estimate of drug-likeness (QED) is 0.163. The first kappa shape index (κ1) is 43.6. The molecule has 0 aromatic heterocycles. The number of benzene rings is 3. The molecule has 2 N–H and O–H groups in total. The lowest BCUT2D eigenvalue weighted by Gasteiger charge is -2.32. The van der Waals surface area contributed by atoms with Crippen LogP contribution in [0.4, 0.5) is 5.69 Å². The normalized spacial score (nSPS) is 17.4. The number of rotatable bonds is 14. The number of ether oxygens (including phenoxy) is 3. The van der Waals surface area contributed by atoms with Crippen LogP contribution in [0.1, 0.15) is 62.8 Å². The average Bonchev–Trinajstić information content (AvgIpc) is 3.20. The Bertz CT molecular complexity index is 1620. The van der Waals surface area contributed by atoms with E-state index in [1.807, 2.05) is 48.5 Å². The summed E-state index contributed by atoms with van der Waals surface area (Å²) in [5.41, 5.74) is 3.05. The van der Waals surface area contributed by atoms with Gasteiger partial charge in [-0.2, -0.15) is 0 Å². The van der Waals surface area contributed by atoms with Crippen LogP contribution in [0.5, 0.6) is 11.5 Å². The molecule has 286 valence electrons. The molecular formula is C39H52Cl4N4O5. The zero-order valence-corrected chi connectivity index (χ0v) is 33.6. The number of nitrogens with one attached hydrogen (secondary N) is 2. The standard InChI is InChI=1S/C39H50Cl2N4O5.2ClH/c1-39(2,3)26-45-32-16-15-28(40)24-30(32)36(50-34(38(45)47)25-35(46)44-21-19-43-20-22-44)29-12-7-14-33(37(29)48-4)49-23-9-18-42-17-8-11-27-10-5-6-13-31(27)41;;/h5-7,10,12-16,24,34,36,42-43H,8-9,11,17-23,25-26H2,1-4H3;2*1H. The van der Waals surface area contributed by atoms with Gasteiger partial charge in [-0.3, -0.25) is 9.59 Å². The van der Waals surface area contributed by atoms with Gasteiger partial charge in [-0.15, -0.1) is 24.8 Å². The number of nitrogens with zero attached hydrogens (tertiary/aromatic N) is 2. The van der Waals surface area contributed by atoms with Crippen molar-refractivity contribution in [3.8, 4) is 11.5 Å². The number of fused-ring (bicyclic) bond motifs is 1. The van der Waals surface area contributed by atoms with Crippen LogP contribution in [0.2, 0.25) is 10.0 Å². The van der Waals surface area contributed by atoms with E-state index in [1.54, 1.807) is 23.0 Å². The van der Waals surface area contributed by atoms with E-state index < -0.39 is 12.2 Å². The van der Waals surface area contributed by atoms with Crippen molar-refractivity contribution in [3.63, 3.8) is 0 Å². The number of methoxy groups -OCH3 is 1. The smallest absolute Gasteiger partial charge is 0.256 e. The molecule has 2 aliphatic heterocycles. The van der Waals surface area contributed by atoms with Crippen LogP contribution in [0.3, 0.4) is 0 Å². The summed E-state index contributed by atoms with van der Waals surface area (Å²) in [6, 6.07) is 19.1. The summed E-state index contributed by atoms with van der Waals surface area (Å²) in [6.07, 6.45) is 0.872. The average molecular weight is 799 g/mol. The maximum absolute atomic E-state index is 14.4. The highest BCUT2D eigenvalue weighted by Gasteiger charge is 2.40. The number of piperazine rings is 1. The molecule has 0 spiro atoms. The number of hydrogen-bond acceptors (Lipinski definition) is 7. The van der Waals surface area contributed by atoms with Gasteiger partial charge in [-0.05, 0) is 73.7 Å². The van der Waals surface area contributed by atoms with Gasteiger partial charge in [-0.25, -0.2) is 0 Å². The van der Waals surface area contributed by atoms with Crippen LogP contribution in [0, 0.1) is 5.41 Å². The Labute approximate surface area is 330 Å². The van der Waals surface area contributed by atoms with E-state index in [0.29, 0.717) is 54.0 Å². The summed E-state index contributed by atoms with van der Waals surface area (Å²) in [5.74, 6) is 0.733. The van der Waals surface area contributed by atoms with Crippen molar-refractivity contribution in [3.05, 3.63) is 87.4 Å². The second-order valence-corrected chi connectivity index (χ2v) is 14.9. The van der Waals surface area contributed by atoms with Gasteiger partial charge in [-0.1, -0.05) is 74.3 Å². The van der Waals surface area contributed by atoms with Crippen LogP contribution < -0.4 is 25.0 Å². The molecule has 3 aromatic carbocycles. The van der Waals surface area contributed by atoms with E-state index in [-0.39, 0.29) is 48.5 Å². The first-order valence-corrected chi connectivity index (χ1v) is 18.3. The predicted octanol–water partition coefficient (Wildman–Crippen LogP) is 7.53. The molecule has 13 heteroatoms. The molecule has 2 atom stereocenters. The molecule has 1 fully saturated rings. The van der Waals surface area contributed by atoms with Crippen LogP contribution in [0.25, 0.3) is 0 Å². The molecule has 3 aromatic rings. The lowest BCUT2D eigenvalue weighted by atomic mass is 9.94. The van der Waals surface area contributed by atoms with E-state index in [1.165, 1.54) is 0 Å². The molecule has 5 rings (SSSR count). The molecule has 0 aliphatic carbocycles. The van der Waals surface area contributed by atoms with Crippen molar-refractivity contribution in [1.29, 1.82) is 0 Å². The Morgan fingerprint density at radius 1 is 0.981 bits per heavy atom. The van der Waals surface area contributed by atoms with Crippen molar-refractivity contribution < 1.29 is 23.8 Å². The van der Waals surface area contributed by atoms with Gasteiger partial charge in [0.2, 0.25) is 5.91 Å². The van der Waals surface area contributed by atoms with Crippen molar-refractivity contribution >= 4 is 65.5 Å². The van der Waals surface area contributed by atoms with Gasteiger partial charge >= 0.3 is 0 Å². The van der Waals surface area contributed by atoms with Crippen molar-refractivity contribution in [2.45, 2.75) is 58.7 Å². The third-order valence-corrected chi connectivity index (χ3v) is 9.48. The van der Waals surface area contributed by atoms with Crippen molar-refractivity contribution in [2.75, 3.05) is 64.4 Å². The first-order chi connectivity index (χ1) is 24.1. The molecule has 52 heavy (non-hydrogen) atoms. The highest BCUT2D eigenvalue weighted by atomic mass is 35.5. The summed E-state index contributed by atoms with van der Waals surface area (Å²) in [4.78, 5) is 31.5. The monoisotopic (exact) mass is 796 g/mol. The third kappa shape index (κ3) is 11.6. The topological polar surface area (TPSA) is 92.4 Å². The Kier molecular flexibility index (Phi) is 17.3. The van der Waals surface area contributed by atoms with Gasteiger partial charge in [0.25, 0.3) is 5.91 Å². The minimum absolute atomic E-state index is 0. The number of aryl methyl sites for hydroxylation is 1. The SMILES string of the molecule is COc1c(OCCCNCCCc2ccccc2Cl)cccc1C1OC(CC(=O)N2CCNCC2)C(=O)N(CC(C)(C)C)c2ccc(Cl)cc21.Cl.Cl. The Morgan fingerprint density at radius 2 is 1.71 bits per heavy atom. The van der Waals surface area contributed by atoms with Crippen LogP contribution in [0.15, 0.2) is 60.7 Å². The number of carbonyl (C=O) groups is 2. The van der Waals surface area contributed by atoms with E-state index >= 15 is 0 Å². The van der Waals surface area contributed by atoms with Gasteiger partial charge in [0.05, 0.1) is 20.1 Å². The maximum atomic E-state index is 14.4. The molecule has 2 amide bonds. The Balaban J connectivity index is 0.00000364. The number of carbonyl (C=O) groups excluding carboxylic acids is 2. The van der Waals surface area contributed by atoms with Crippen molar-refractivity contribution in [2.24, 2.45) is 5.41 Å². The fourth-order valence-corrected chi connectivity index (χ4v) is 6.88. The van der Waals surface area contributed by atoms with E-state index in [0.717, 1.165) is 61.6 Å². The predicted molar refractivity (Wildman–Crippen MR) is 214 cm³/mol. The molecule has 2 heterocycles. The molecular weight excluding hydrogens is 746 g/mol. The summed E-state index contributed by atoms with van der Waals surface area (Å²) < 4.78 is 19.0. The molecule has 2 unspecified atom stereocenters. The van der Waals surface area contributed by atoms with Gasteiger partial charge < -0.3 is 34.6 Å². The third-order valence-electron chi connectivity index (χ3n) is 8.88. The van der Waals surface area contributed by atoms with Crippen molar-refractivity contribution in [1.82, 2.24) is 15.5 Å². The molecule has 0 saturated carbocycles.